The summed E-state index contributed by atoms with van der Waals surface area (Å²) in [7, 11) is 4.95. The molecule has 1 fully saturated rings. The first kappa shape index (κ1) is 26.0. The Bertz CT molecular complexity index is 903. The molecule has 3 rings (SSSR count). The fraction of sp³-hybridized carbons (Fsp3) is 0.417. The fourth-order valence-electron chi connectivity index (χ4n) is 3.66. The molecule has 9 heteroatoms. The second-order valence-electron chi connectivity index (χ2n) is 7.69. The monoisotopic (exact) mass is 460 g/mol. The molecule has 1 aliphatic heterocycles. The van der Waals surface area contributed by atoms with Gasteiger partial charge in [0.05, 0.1) is 21.3 Å². The van der Waals surface area contributed by atoms with Gasteiger partial charge in [-0.05, 0) is 30.2 Å². The number of aliphatic carboxylic acids is 2. The van der Waals surface area contributed by atoms with E-state index in [0.717, 1.165) is 39.3 Å². The first-order valence-corrected chi connectivity index (χ1v) is 10.5. The largest absolute Gasteiger partial charge is 0.493 e. The summed E-state index contributed by atoms with van der Waals surface area (Å²) < 4.78 is 16.4. The normalized spacial score (nSPS) is 14.1. The third-order valence-electron chi connectivity index (χ3n) is 5.27. The third kappa shape index (κ3) is 7.96. The van der Waals surface area contributed by atoms with Gasteiger partial charge in [0.15, 0.2) is 11.5 Å². The van der Waals surface area contributed by atoms with Crippen LogP contribution >= 0.6 is 0 Å². The maximum atomic E-state index is 9.10. The summed E-state index contributed by atoms with van der Waals surface area (Å²) >= 11 is 0. The summed E-state index contributed by atoms with van der Waals surface area (Å²) in [6.07, 6.45) is 0. The number of hydrogen-bond donors (Lipinski definition) is 2. The van der Waals surface area contributed by atoms with Crippen molar-refractivity contribution in [3.63, 3.8) is 0 Å². The maximum Gasteiger partial charge on any atom is 0.414 e. The van der Waals surface area contributed by atoms with E-state index in [4.69, 9.17) is 34.0 Å². The zero-order valence-electron chi connectivity index (χ0n) is 19.5. The maximum absolute atomic E-state index is 9.10. The molecule has 2 N–H and O–H groups in total. The fourth-order valence-corrected chi connectivity index (χ4v) is 3.66. The van der Waals surface area contributed by atoms with Crippen molar-refractivity contribution in [3.8, 4) is 17.2 Å². The van der Waals surface area contributed by atoms with Crippen molar-refractivity contribution in [2.24, 2.45) is 0 Å². The Hall–Kier alpha value is -3.30. The SMILES string of the molecule is COc1cc(CN2CCN(Cc3cccc(C)c3)CC2)cc(OC)c1OC.O=C(O)C(=O)O. The van der Waals surface area contributed by atoms with Crippen LogP contribution in [0.3, 0.4) is 0 Å². The first-order valence-electron chi connectivity index (χ1n) is 10.5. The third-order valence-corrected chi connectivity index (χ3v) is 5.27. The summed E-state index contributed by atoms with van der Waals surface area (Å²) in [5, 5.41) is 14.8. The Morgan fingerprint density at radius 2 is 1.27 bits per heavy atom. The molecule has 0 atom stereocenters. The predicted molar refractivity (Wildman–Crippen MR) is 123 cm³/mol. The highest BCUT2D eigenvalue weighted by Gasteiger charge is 2.19. The Kier molecular flexibility index (Phi) is 9.96. The number of carboxylic acids is 2. The number of benzene rings is 2. The minimum Gasteiger partial charge on any atom is -0.493 e. The lowest BCUT2D eigenvalue weighted by Gasteiger charge is -2.35. The summed E-state index contributed by atoms with van der Waals surface area (Å²) in [5.41, 5.74) is 3.90. The number of rotatable bonds is 7. The van der Waals surface area contributed by atoms with Gasteiger partial charge in [-0.25, -0.2) is 9.59 Å². The van der Waals surface area contributed by atoms with E-state index in [2.05, 4.69) is 41.0 Å². The highest BCUT2D eigenvalue weighted by Crippen LogP contribution is 2.38. The lowest BCUT2D eigenvalue weighted by molar-refractivity contribution is -0.159. The molecule has 0 aromatic heterocycles. The van der Waals surface area contributed by atoms with Crippen LogP contribution in [0.1, 0.15) is 16.7 Å². The number of aryl methyl sites for hydroxylation is 1. The zero-order valence-corrected chi connectivity index (χ0v) is 19.5. The number of piperazine rings is 1. The summed E-state index contributed by atoms with van der Waals surface area (Å²) in [4.78, 5) is 23.2. The quantitative estimate of drug-likeness (QED) is 0.602. The van der Waals surface area contributed by atoms with Crippen LogP contribution in [0.5, 0.6) is 17.2 Å². The molecule has 0 radical (unpaired) electrons. The van der Waals surface area contributed by atoms with E-state index in [1.165, 1.54) is 16.7 Å². The summed E-state index contributed by atoms with van der Waals surface area (Å²) in [6.45, 7) is 8.34. The molecule has 33 heavy (non-hydrogen) atoms. The highest BCUT2D eigenvalue weighted by molar-refractivity contribution is 6.27. The molecule has 0 saturated carbocycles. The molecule has 1 saturated heterocycles. The van der Waals surface area contributed by atoms with E-state index in [1.807, 2.05) is 12.1 Å². The van der Waals surface area contributed by atoms with Gasteiger partial charge < -0.3 is 24.4 Å². The molecule has 180 valence electrons. The molecule has 0 aliphatic carbocycles. The molecular formula is C24H32N2O7. The van der Waals surface area contributed by atoms with Gasteiger partial charge >= 0.3 is 11.9 Å². The lowest BCUT2D eigenvalue weighted by Crippen LogP contribution is -2.45. The zero-order chi connectivity index (χ0) is 24.4. The number of hydrogen-bond acceptors (Lipinski definition) is 7. The molecule has 1 aliphatic rings. The van der Waals surface area contributed by atoms with Crippen LogP contribution in [0, 0.1) is 6.92 Å². The topological polar surface area (TPSA) is 109 Å². The minimum atomic E-state index is -1.82. The number of nitrogens with zero attached hydrogens (tertiary/aromatic N) is 2. The number of ether oxygens (including phenoxy) is 3. The molecule has 0 bridgehead atoms. The predicted octanol–water partition coefficient (Wildman–Crippen LogP) is 2.49. The van der Waals surface area contributed by atoms with E-state index >= 15 is 0 Å². The van der Waals surface area contributed by atoms with Gasteiger partial charge in [0, 0.05) is 39.3 Å². The van der Waals surface area contributed by atoms with E-state index in [-0.39, 0.29) is 0 Å². The van der Waals surface area contributed by atoms with E-state index < -0.39 is 11.9 Å². The van der Waals surface area contributed by atoms with Crippen molar-refractivity contribution in [2.45, 2.75) is 20.0 Å². The van der Waals surface area contributed by atoms with Gasteiger partial charge in [-0.2, -0.15) is 0 Å². The van der Waals surface area contributed by atoms with Gasteiger partial charge in [-0.3, -0.25) is 9.80 Å². The molecule has 0 unspecified atom stereocenters. The minimum absolute atomic E-state index is 0.645. The van der Waals surface area contributed by atoms with Crippen molar-refractivity contribution < 1.29 is 34.0 Å². The molecule has 1 heterocycles. The Balaban J connectivity index is 0.000000569. The second kappa shape index (κ2) is 12.7. The van der Waals surface area contributed by atoms with Crippen molar-refractivity contribution >= 4 is 11.9 Å². The second-order valence-corrected chi connectivity index (χ2v) is 7.69. The van der Waals surface area contributed by atoms with E-state index in [9.17, 15) is 0 Å². The molecule has 0 amide bonds. The number of carbonyl (C=O) groups is 2. The Labute approximate surface area is 194 Å². The van der Waals surface area contributed by atoms with Crippen molar-refractivity contribution in [3.05, 3.63) is 53.1 Å². The average molecular weight is 461 g/mol. The first-order chi connectivity index (χ1) is 15.8. The Morgan fingerprint density at radius 1 is 0.788 bits per heavy atom. The molecular weight excluding hydrogens is 428 g/mol. The van der Waals surface area contributed by atoms with E-state index in [1.54, 1.807) is 21.3 Å². The summed E-state index contributed by atoms with van der Waals surface area (Å²) in [5.74, 6) is -1.58. The average Bonchev–Trinajstić information content (AvgIpc) is 2.80. The van der Waals surface area contributed by atoms with Crippen LogP contribution in [0.2, 0.25) is 0 Å². The van der Waals surface area contributed by atoms with Crippen LogP contribution in [0.25, 0.3) is 0 Å². The molecule has 2 aromatic rings. The molecule has 0 spiro atoms. The van der Waals surface area contributed by atoms with Crippen LogP contribution in [-0.2, 0) is 22.7 Å². The Morgan fingerprint density at radius 3 is 1.67 bits per heavy atom. The highest BCUT2D eigenvalue weighted by atomic mass is 16.5. The van der Waals surface area contributed by atoms with Gasteiger partial charge in [-0.1, -0.05) is 29.8 Å². The van der Waals surface area contributed by atoms with Crippen molar-refractivity contribution in [1.82, 2.24) is 9.80 Å². The van der Waals surface area contributed by atoms with Crippen LogP contribution < -0.4 is 14.2 Å². The van der Waals surface area contributed by atoms with Crippen molar-refractivity contribution in [1.29, 1.82) is 0 Å². The van der Waals surface area contributed by atoms with E-state index in [0.29, 0.717) is 17.2 Å². The van der Waals surface area contributed by atoms with Gasteiger partial charge in [0.2, 0.25) is 5.75 Å². The van der Waals surface area contributed by atoms with Gasteiger partial charge in [0.1, 0.15) is 0 Å². The van der Waals surface area contributed by atoms with Gasteiger partial charge in [-0.15, -0.1) is 0 Å². The number of methoxy groups -OCH3 is 3. The van der Waals surface area contributed by atoms with Crippen LogP contribution in [0.15, 0.2) is 36.4 Å². The van der Waals surface area contributed by atoms with Gasteiger partial charge in [0.25, 0.3) is 0 Å². The summed E-state index contributed by atoms with van der Waals surface area (Å²) in [6, 6.07) is 12.9. The number of carboxylic acid groups (broad SMARTS) is 2. The van der Waals surface area contributed by atoms with Crippen molar-refractivity contribution in [2.75, 3.05) is 47.5 Å². The lowest BCUT2D eigenvalue weighted by atomic mass is 10.1. The molecule has 2 aromatic carbocycles. The standard InChI is InChI=1S/C22H30N2O3.C2H2O4/c1-17-6-5-7-18(12-17)15-23-8-10-24(11-9-23)16-19-13-20(25-2)22(27-4)21(14-19)26-3;3-1(4)2(5)6/h5-7,12-14H,8-11,15-16H2,1-4H3;(H,3,4)(H,5,6). The van der Waals surface area contributed by atoms with Crippen LogP contribution in [-0.4, -0.2) is 79.5 Å². The smallest absolute Gasteiger partial charge is 0.414 e. The van der Waals surface area contributed by atoms with Crippen LogP contribution in [0.4, 0.5) is 0 Å². The molecule has 9 nitrogen and oxygen atoms in total.